The zero-order chi connectivity index (χ0) is 26.4. The van der Waals surface area contributed by atoms with Crippen LogP contribution in [0.2, 0.25) is 0 Å². The van der Waals surface area contributed by atoms with Crippen molar-refractivity contribution in [3.05, 3.63) is 130 Å². The fourth-order valence-corrected chi connectivity index (χ4v) is 4.25. The number of benzene rings is 4. The number of carbonyl (C=O) groups is 1. The Labute approximate surface area is 220 Å². The largest absolute Gasteiger partial charge is 0.478 e. The minimum atomic E-state index is -0.865. The van der Waals surface area contributed by atoms with Gasteiger partial charge >= 0.3 is 5.97 Å². The first-order valence-corrected chi connectivity index (χ1v) is 12.6. The van der Waals surface area contributed by atoms with Crippen LogP contribution >= 0.6 is 0 Å². The van der Waals surface area contributed by atoms with Crippen molar-refractivity contribution < 1.29 is 9.90 Å². The molecule has 3 nitrogen and oxygen atoms in total. The number of hydrogen-bond donors (Lipinski definition) is 1. The fourth-order valence-electron chi connectivity index (χ4n) is 4.25. The zero-order valence-corrected chi connectivity index (χ0v) is 21.9. The predicted octanol–water partition coefficient (Wildman–Crippen LogP) is 9.13. The minimum Gasteiger partial charge on any atom is -0.478 e. The van der Waals surface area contributed by atoms with Gasteiger partial charge in [-0.25, -0.2) is 4.79 Å². The SMILES string of the molecule is CC/C(=C\c1ccc(C=Cc2ccc(N(c3ccc(C)cc3)c3ccc(C)cc3)cc2)c(C)c1)C(=O)O. The summed E-state index contributed by atoms with van der Waals surface area (Å²) in [6.07, 6.45) is 6.46. The van der Waals surface area contributed by atoms with E-state index in [1.165, 1.54) is 11.1 Å². The van der Waals surface area contributed by atoms with Crippen LogP contribution in [0.25, 0.3) is 18.2 Å². The molecule has 4 aromatic carbocycles. The molecule has 1 N–H and O–H groups in total. The zero-order valence-electron chi connectivity index (χ0n) is 21.9. The summed E-state index contributed by atoms with van der Waals surface area (Å²) in [4.78, 5) is 13.6. The van der Waals surface area contributed by atoms with Crippen LogP contribution in [0.5, 0.6) is 0 Å². The second kappa shape index (κ2) is 11.6. The Bertz CT molecular complexity index is 1380. The smallest absolute Gasteiger partial charge is 0.331 e. The van der Waals surface area contributed by atoms with Crippen molar-refractivity contribution in [1.29, 1.82) is 0 Å². The standard InChI is InChI=1S/C34H33NO2/c1-5-29(34(36)37)23-28-11-15-30(26(4)22-28)14-10-27-12-20-33(21-13-27)35(31-16-6-24(2)7-17-31)32-18-8-25(3)9-19-32/h6-23H,5H2,1-4H3,(H,36,37)/b14-10?,29-23+. The van der Waals surface area contributed by atoms with Crippen molar-refractivity contribution in [2.24, 2.45) is 0 Å². The van der Waals surface area contributed by atoms with E-state index in [1.807, 2.05) is 32.0 Å². The molecule has 0 heterocycles. The van der Waals surface area contributed by atoms with Gasteiger partial charge in [0.1, 0.15) is 0 Å². The van der Waals surface area contributed by atoms with E-state index in [1.54, 1.807) is 6.08 Å². The number of hydrogen-bond acceptors (Lipinski definition) is 2. The number of aryl methyl sites for hydroxylation is 3. The van der Waals surface area contributed by atoms with E-state index >= 15 is 0 Å². The molecule has 0 aromatic heterocycles. The molecule has 0 fully saturated rings. The highest BCUT2D eigenvalue weighted by Crippen LogP contribution is 2.35. The lowest BCUT2D eigenvalue weighted by molar-refractivity contribution is -0.132. The van der Waals surface area contributed by atoms with Crippen molar-refractivity contribution in [3.8, 4) is 0 Å². The fraction of sp³-hybridized carbons (Fsp3) is 0.147. The maximum atomic E-state index is 11.3. The van der Waals surface area contributed by atoms with E-state index in [2.05, 4.69) is 104 Å². The van der Waals surface area contributed by atoms with Gasteiger partial charge in [-0.15, -0.1) is 0 Å². The third kappa shape index (κ3) is 6.45. The molecule has 0 unspecified atom stereocenters. The lowest BCUT2D eigenvalue weighted by Crippen LogP contribution is -2.09. The Hall–Kier alpha value is -4.37. The molecule has 37 heavy (non-hydrogen) atoms. The Morgan fingerprint density at radius 1 is 0.703 bits per heavy atom. The number of nitrogens with zero attached hydrogens (tertiary/aromatic N) is 1. The summed E-state index contributed by atoms with van der Waals surface area (Å²) in [7, 11) is 0. The van der Waals surface area contributed by atoms with Gasteiger partial charge in [0, 0.05) is 22.6 Å². The van der Waals surface area contributed by atoms with Gasteiger partial charge in [0.15, 0.2) is 0 Å². The van der Waals surface area contributed by atoms with E-state index < -0.39 is 5.97 Å². The van der Waals surface area contributed by atoms with E-state index in [4.69, 9.17) is 0 Å². The number of rotatable bonds is 8. The first kappa shape index (κ1) is 25.7. The number of carboxylic acids is 1. The van der Waals surface area contributed by atoms with Crippen molar-refractivity contribution in [3.63, 3.8) is 0 Å². The molecule has 0 atom stereocenters. The Morgan fingerprint density at radius 3 is 1.65 bits per heavy atom. The van der Waals surface area contributed by atoms with Gasteiger partial charge in [-0.1, -0.05) is 84.8 Å². The highest BCUT2D eigenvalue weighted by atomic mass is 16.4. The summed E-state index contributed by atoms with van der Waals surface area (Å²) < 4.78 is 0. The lowest BCUT2D eigenvalue weighted by Gasteiger charge is -2.25. The van der Waals surface area contributed by atoms with Crippen molar-refractivity contribution in [2.45, 2.75) is 34.1 Å². The maximum Gasteiger partial charge on any atom is 0.331 e. The summed E-state index contributed by atoms with van der Waals surface area (Å²) >= 11 is 0. The summed E-state index contributed by atoms with van der Waals surface area (Å²) in [5, 5.41) is 9.29. The molecule has 0 saturated heterocycles. The van der Waals surface area contributed by atoms with Crippen LogP contribution in [-0.4, -0.2) is 11.1 Å². The monoisotopic (exact) mass is 487 g/mol. The normalized spacial score (nSPS) is 11.6. The van der Waals surface area contributed by atoms with Gasteiger partial charge in [-0.2, -0.15) is 0 Å². The molecule has 0 amide bonds. The molecule has 0 aliphatic heterocycles. The van der Waals surface area contributed by atoms with Crippen LogP contribution in [0.15, 0.2) is 96.6 Å². The average molecular weight is 488 g/mol. The molecule has 0 spiro atoms. The number of aliphatic carboxylic acids is 1. The minimum absolute atomic E-state index is 0.410. The summed E-state index contributed by atoms with van der Waals surface area (Å²) in [6.45, 7) is 8.11. The van der Waals surface area contributed by atoms with Gasteiger partial charge in [-0.3, -0.25) is 0 Å². The molecule has 0 aliphatic carbocycles. The van der Waals surface area contributed by atoms with Crippen LogP contribution in [0.3, 0.4) is 0 Å². The Kier molecular flexibility index (Phi) is 8.05. The summed E-state index contributed by atoms with van der Waals surface area (Å²) in [5.41, 5.74) is 10.5. The van der Waals surface area contributed by atoms with Crippen LogP contribution < -0.4 is 4.90 Å². The second-order valence-electron chi connectivity index (χ2n) is 9.38. The van der Waals surface area contributed by atoms with E-state index in [0.717, 1.165) is 39.3 Å². The van der Waals surface area contributed by atoms with Crippen LogP contribution in [-0.2, 0) is 4.79 Å². The third-order valence-corrected chi connectivity index (χ3v) is 6.48. The van der Waals surface area contributed by atoms with Crippen molar-refractivity contribution in [1.82, 2.24) is 0 Å². The molecule has 0 bridgehead atoms. The van der Waals surface area contributed by atoms with E-state index in [9.17, 15) is 9.90 Å². The lowest BCUT2D eigenvalue weighted by atomic mass is 10.0. The summed E-state index contributed by atoms with van der Waals surface area (Å²) in [6, 6.07) is 31.8. The molecule has 4 rings (SSSR count). The molecule has 0 radical (unpaired) electrons. The van der Waals surface area contributed by atoms with Gasteiger partial charge in [-0.05, 0) is 91.9 Å². The highest BCUT2D eigenvalue weighted by molar-refractivity contribution is 5.92. The van der Waals surface area contributed by atoms with Gasteiger partial charge in [0.05, 0.1) is 0 Å². The quantitative estimate of drug-likeness (QED) is 0.199. The first-order valence-electron chi connectivity index (χ1n) is 12.6. The van der Waals surface area contributed by atoms with Crippen molar-refractivity contribution >= 4 is 41.3 Å². The summed E-state index contributed by atoms with van der Waals surface area (Å²) in [5.74, 6) is -0.865. The topological polar surface area (TPSA) is 40.5 Å². The number of anilines is 3. The van der Waals surface area contributed by atoms with Gasteiger partial charge in [0.2, 0.25) is 0 Å². The van der Waals surface area contributed by atoms with Crippen LogP contribution in [0.1, 0.15) is 46.7 Å². The molecule has 3 heteroatoms. The molecule has 4 aromatic rings. The maximum absolute atomic E-state index is 11.3. The molecule has 0 aliphatic rings. The second-order valence-corrected chi connectivity index (χ2v) is 9.38. The Morgan fingerprint density at radius 2 is 1.19 bits per heavy atom. The van der Waals surface area contributed by atoms with E-state index in [0.29, 0.717) is 12.0 Å². The Balaban J connectivity index is 1.58. The highest BCUT2D eigenvalue weighted by Gasteiger charge is 2.12. The van der Waals surface area contributed by atoms with Crippen molar-refractivity contribution in [2.75, 3.05) is 4.90 Å². The van der Waals surface area contributed by atoms with Gasteiger partial charge in [0.25, 0.3) is 0 Å². The third-order valence-electron chi connectivity index (χ3n) is 6.48. The first-order chi connectivity index (χ1) is 17.8. The number of carboxylic acid groups (broad SMARTS) is 1. The van der Waals surface area contributed by atoms with Gasteiger partial charge < -0.3 is 10.0 Å². The predicted molar refractivity (Wildman–Crippen MR) is 157 cm³/mol. The molecular formula is C34H33NO2. The van der Waals surface area contributed by atoms with E-state index in [-0.39, 0.29) is 0 Å². The molecular weight excluding hydrogens is 454 g/mol. The van der Waals surface area contributed by atoms with Crippen LogP contribution in [0.4, 0.5) is 17.1 Å². The average Bonchev–Trinajstić information content (AvgIpc) is 2.89. The van der Waals surface area contributed by atoms with Crippen LogP contribution in [0, 0.1) is 20.8 Å². The molecule has 0 saturated carbocycles. The molecule has 186 valence electrons.